The fourth-order valence-corrected chi connectivity index (χ4v) is 2.46. The maximum Gasteiger partial charge on any atom is 0.348 e. The van der Waals surface area contributed by atoms with E-state index >= 15 is 0 Å². The van der Waals surface area contributed by atoms with Crippen LogP contribution >= 0.6 is 0 Å². The van der Waals surface area contributed by atoms with E-state index in [0.29, 0.717) is 5.56 Å². The normalized spacial score (nSPS) is 14.1. The monoisotopic (exact) mass is 402 g/mol. The third kappa shape index (κ3) is 5.56. The maximum atomic E-state index is 12.0. The molecule has 2 aromatic carbocycles. The number of carbonyl (C=O) groups is 3. The molecule has 0 aromatic heterocycles. The van der Waals surface area contributed by atoms with Crippen molar-refractivity contribution < 1.29 is 44.7 Å². The van der Waals surface area contributed by atoms with E-state index in [-0.39, 0.29) is 17.1 Å². The van der Waals surface area contributed by atoms with Crippen molar-refractivity contribution in [3.63, 3.8) is 0 Å². The Morgan fingerprint density at radius 3 is 1.93 bits per heavy atom. The summed E-state index contributed by atoms with van der Waals surface area (Å²) in [4.78, 5) is 35.2. The number of aliphatic hydroxyl groups is 1. The minimum Gasteiger partial charge on any atom is -0.508 e. The molecule has 0 aliphatic heterocycles. The van der Waals surface area contributed by atoms with E-state index in [4.69, 9.17) is 4.74 Å². The van der Waals surface area contributed by atoms with E-state index < -0.39 is 36.0 Å². The number of aromatic hydroxyl groups is 2. The number of rotatable bonds is 8. The van der Waals surface area contributed by atoms with Crippen LogP contribution in [0.25, 0.3) is 6.08 Å². The highest BCUT2D eigenvalue weighted by Gasteiger charge is 2.51. The molecule has 0 aliphatic rings. The van der Waals surface area contributed by atoms with Crippen molar-refractivity contribution in [2.75, 3.05) is 0 Å². The molecule has 5 N–H and O–H groups in total. The van der Waals surface area contributed by atoms with E-state index in [0.717, 1.165) is 6.08 Å². The van der Waals surface area contributed by atoms with Crippen molar-refractivity contribution >= 4 is 24.0 Å². The average molecular weight is 402 g/mol. The van der Waals surface area contributed by atoms with Gasteiger partial charge >= 0.3 is 17.9 Å². The van der Waals surface area contributed by atoms with Crippen LogP contribution in [0.4, 0.5) is 0 Å². The molecule has 152 valence electrons. The highest BCUT2D eigenvalue weighted by Crippen LogP contribution is 2.23. The van der Waals surface area contributed by atoms with E-state index in [1.807, 2.05) is 0 Å². The second kappa shape index (κ2) is 8.89. The van der Waals surface area contributed by atoms with Crippen molar-refractivity contribution in [3.8, 4) is 11.5 Å². The van der Waals surface area contributed by atoms with Gasteiger partial charge in [0.1, 0.15) is 11.5 Å². The van der Waals surface area contributed by atoms with Crippen LogP contribution < -0.4 is 0 Å². The maximum absolute atomic E-state index is 12.0. The van der Waals surface area contributed by atoms with Crippen LogP contribution in [0.1, 0.15) is 11.1 Å². The Morgan fingerprint density at radius 2 is 1.45 bits per heavy atom. The van der Waals surface area contributed by atoms with Crippen LogP contribution in [-0.4, -0.2) is 55.1 Å². The lowest BCUT2D eigenvalue weighted by Crippen LogP contribution is -2.56. The van der Waals surface area contributed by atoms with Gasteiger partial charge in [-0.2, -0.15) is 0 Å². The number of esters is 1. The summed E-state index contributed by atoms with van der Waals surface area (Å²) in [5.41, 5.74) is -2.26. The summed E-state index contributed by atoms with van der Waals surface area (Å²) in [6, 6.07) is 10.8. The zero-order chi connectivity index (χ0) is 21.6. The Balaban J connectivity index is 2.22. The van der Waals surface area contributed by atoms with Crippen molar-refractivity contribution in [1.29, 1.82) is 0 Å². The highest BCUT2D eigenvalue weighted by molar-refractivity contribution is 5.92. The zero-order valence-corrected chi connectivity index (χ0v) is 14.9. The van der Waals surface area contributed by atoms with Crippen LogP contribution in [0.3, 0.4) is 0 Å². The van der Waals surface area contributed by atoms with E-state index in [1.54, 1.807) is 0 Å². The fourth-order valence-electron chi connectivity index (χ4n) is 2.46. The number of benzene rings is 2. The van der Waals surface area contributed by atoms with Gasteiger partial charge in [-0.15, -0.1) is 0 Å². The van der Waals surface area contributed by atoms with Gasteiger partial charge in [-0.25, -0.2) is 14.4 Å². The molecular formula is C20H18O9. The minimum atomic E-state index is -2.95. The van der Waals surface area contributed by atoms with E-state index in [1.165, 1.54) is 54.6 Å². The Morgan fingerprint density at radius 1 is 0.931 bits per heavy atom. The van der Waals surface area contributed by atoms with Crippen LogP contribution in [0.5, 0.6) is 11.5 Å². The number of aliphatic carboxylic acids is 2. The van der Waals surface area contributed by atoms with Crippen LogP contribution in [0.2, 0.25) is 0 Å². The van der Waals surface area contributed by atoms with Gasteiger partial charge in [-0.3, -0.25) is 0 Å². The SMILES string of the molecule is O=C(C=Cc1ccc(O)cc1)OC(C(=O)O)C(O)(Cc1ccc(O)cc1)C(=O)O. The van der Waals surface area contributed by atoms with Gasteiger partial charge < -0.3 is 30.3 Å². The van der Waals surface area contributed by atoms with Crippen molar-refractivity contribution in [1.82, 2.24) is 0 Å². The molecule has 2 aromatic rings. The largest absolute Gasteiger partial charge is 0.508 e. The molecule has 9 heteroatoms. The molecule has 2 atom stereocenters. The molecule has 29 heavy (non-hydrogen) atoms. The Kier molecular flexibility index (Phi) is 6.58. The number of ether oxygens (including phenoxy) is 1. The molecule has 0 heterocycles. The van der Waals surface area contributed by atoms with Crippen molar-refractivity contribution in [3.05, 3.63) is 65.7 Å². The van der Waals surface area contributed by atoms with Gasteiger partial charge in [0, 0.05) is 12.5 Å². The number of carbonyl (C=O) groups excluding carboxylic acids is 1. The van der Waals surface area contributed by atoms with Crippen LogP contribution in [0.15, 0.2) is 54.6 Å². The predicted octanol–water partition coefficient (Wildman–Crippen LogP) is 1.17. The molecule has 2 unspecified atom stereocenters. The predicted molar refractivity (Wildman–Crippen MR) is 99.1 cm³/mol. The van der Waals surface area contributed by atoms with Crippen LogP contribution in [0, 0.1) is 0 Å². The summed E-state index contributed by atoms with van der Waals surface area (Å²) >= 11 is 0. The molecule has 9 nitrogen and oxygen atoms in total. The number of phenolic OH excluding ortho intramolecular Hbond substituents is 2. The van der Waals surface area contributed by atoms with Gasteiger partial charge in [-0.1, -0.05) is 24.3 Å². The highest BCUT2D eigenvalue weighted by atomic mass is 16.6. The quantitative estimate of drug-likeness (QED) is 0.322. The van der Waals surface area contributed by atoms with E-state index in [9.17, 15) is 39.9 Å². The second-order valence-corrected chi connectivity index (χ2v) is 6.15. The average Bonchev–Trinajstić information content (AvgIpc) is 2.67. The summed E-state index contributed by atoms with van der Waals surface area (Å²) in [5, 5.41) is 47.8. The molecular weight excluding hydrogens is 384 g/mol. The van der Waals surface area contributed by atoms with Gasteiger partial charge in [0.15, 0.2) is 0 Å². The van der Waals surface area contributed by atoms with Crippen LogP contribution in [-0.2, 0) is 25.5 Å². The molecule has 0 fully saturated rings. The third-order valence-electron chi connectivity index (χ3n) is 3.98. The number of hydrogen-bond acceptors (Lipinski definition) is 7. The standard InChI is InChI=1S/C20H18O9/c21-14-6-1-12(2-7-14)5-10-16(23)29-17(18(24)25)20(28,19(26)27)11-13-3-8-15(22)9-4-13/h1-10,17,21-22,28H,11H2,(H,24,25)(H,26,27). The summed E-state index contributed by atoms with van der Waals surface area (Å²) < 4.78 is 4.72. The number of phenols is 2. The van der Waals surface area contributed by atoms with Gasteiger partial charge in [0.2, 0.25) is 11.7 Å². The first kappa shape index (κ1) is 21.5. The molecule has 0 saturated carbocycles. The van der Waals surface area contributed by atoms with Gasteiger partial charge in [0.25, 0.3) is 0 Å². The first-order chi connectivity index (χ1) is 13.6. The summed E-state index contributed by atoms with van der Waals surface area (Å²) in [5.74, 6) is -5.02. The molecule has 2 rings (SSSR count). The lowest BCUT2D eigenvalue weighted by atomic mass is 9.88. The minimum absolute atomic E-state index is 0.0106. The summed E-state index contributed by atoms with van der Waals surface area (Å²) in [7, 11) is 0. The smallest absolute Gasteiger partial charge is 0.348 e. The first-order valence-corrected chi connectivity index (χ1v) is 8.26. The molecule has 0 spiro atoms. The number of carboxylic acids is 2. The zero-order valence-electron chi connectivity index (χ0n) is 14.9. The molecule has 0 saturated heterocycles. The Bertz CT molecular complexity index is 916. The number of carboxylic acid groups (broad SMARTS) is 2. The summed E-state index contributed by atoms with van der Waals surface area (Å²) in [6.07, 6.45) is -0.953. The van der Waals surface area contributed by atoms with E-state index in [2.05, 4.69) is 0 Å². The topological polar surface area (TPSA) is 162 Å². The molecule has 0 amide bonds. The number of hydrogen-bond donors (Lipinski definition) is 5. The second-order valence-electron chi connectivity index (χ2n) is 6.15. The Labute approximate surface area is 164 Å². The fraction of sp³-hybridized carbons (Fsp3) is 0.150. The van der Waals surface area contributed by atoms with Crippen molar-refractivity contribution in [2.45, 2.75) is 18.1 Å². The molecule has 0 bridgehead atoms. The Hall–Kier alpha value is -3.85. The summed E-state index contributed by atoms with van der Waals surface area (Å²) in [6.45, 7) is 0. The third-order valence-corrected chi connectivity index (χ3v) is 3.98. The van der Waals surface area contributed by atoms with Gasteiger partial charge in [0.05, 0.1) is 0 Å². The molecule has 0 aliphatic carbocycles. The van der Waals surface area contributed by atoms with Gasteiger partial charge in [-0.05, 0) is 41.5 Å². The molecule has 0 radical (unpaired) electrons. The lowest BCUT2D eigenvalue weighted by Gasteiger charge is -2.29. The lowest BCUT2D eigenvalue weighted by molar-refractivity contribution is -0.192. The van der Waals surface area contributed by atoms with Crippen molar-refractivity contribution in [2.24, 2.45) is 0 Å². The first-order valence-electron chi connectivity index (χ1n) is 8.26.